The molecule has 11 nitrogen and oxygen atoms in total. The Hall–Kier alpha value is -2.77. The average molecular weight is 594 g/mol. The number of aliphatic hydroxyl groups is 5. The van der Waals surface area contributed by atoms with E-state index in [-0.39, 0.29) is 23.7 Å². The summed E-state index contributed by atoms with van der Waals surface area (Å²) in [4.78, 5) is 15.7. The first-order valence-corrected chi connectivity index (χ1v) is 14.0. The fourth-order valence-electron chi connectivity index (χ4n) is 4.81. The molecule has 0 amide bonds. The van der Waals surface area contributed by atoms with Crippen LogP contribution in [0.3, 0.4) is 0 Å². The predicted octanol–water partition coefficient (Wildman–Crippen LogP) is 1.84. The number of aromatic nitrogens is 1. The molecule has 7 unspecified atom stereocenters. The smallest absolute Gasteiger partial charge is 0.238 e. The van der Waals surface area contributed by atoms with Crippen LogP contribution in [0.5, 0.6) is 11.6 Å². The Bertz CT molecular complexity index is 1200. The molecular weight excluding hydrogens is 546 g/mol. The number of pyridine rings is 1. The number of ether oxygens (including phenoxy) is 4. The molecule has 1 aliphatic heterocycles. The van der Waals surface area contributed by atoms with E-state index in [0.29, 0.717) is 29.9 Å². The second-order valence-electron chi connectivity index (χ2n) is 10.6. The number of hydrogen-bond donors (Lipinski definition) is 6. The molecule has 0 aromatic carbocycles. The van der Waals surface area contributed by atoms with E-state index < -0.39 is 43.4 Å². The maximum absolute atomic E-state index is 12.6. The van der Waals surface area contributed by atoms with Crippen LogP contribution in [0.2, 0.25) is 0 Å². The Morgan fingerprint density at radius 3 is 2.33 bits per heavy atom. The van der Waals surface area contributed by atoms with Gasteiger partial charge in [-0.2, -0.15) is 0 Å². The zero-order chi connectivity index (χ0) is 31.6. The molecule has 2 rings (SSSR count). The molecule has 0 bridgehead atoms. The normalized spacial score (nSPS) is 25.5. The lowest BCUT2D eigenvalue weighted by Gasteiger charge is -2.41. The standard InChI is InChI=1S/C31H47NO10/c1-17(11-12-22-21(5)24(35)29(39-6)30(32-22)40-7)9-8-10-18(2)15-20(4)28(19(3)13-14-33)42-31-27(38)26(37)25(36)23(16-34)41-31/h8,10-11,13,15,20,23,25-28,31,33-34,36-38H,9,12,14,16H2,1-7H3,(H,32,35). The molecule has 42 heavy (non-hydrogen) atoms. The van der Waals surface area contributed by atoms with Gasteiger partial charge in [-0.3, -0.25) is 4.79 Å². The van der Waals surface area contributed by atoms with Crippen LogP contribution >= 0.6 is 0 Å². The van der Waals surface area contributed by atoms with Gasteiger partial charge in [-0.15, -0.1) is 0 Å². The fraction of sp³-hybridized carbons (Fsp3) is 0.581. The summed E-state index contributed by atoms with van der Waals surface area (Å²) in [6.07, 6.45) is 3.27. The van der Waals surface area contributed by atoms with Crippen LogP contribution in [0.25, 0.3) is 0 Å². The molecule has 6 N–H and O–H groups in total. The molecule has 11 heteroatoms. The van der Waals surface area contributed by atoms with Crippen molar-refractivity contribution >= 4 is 0 Å². The van der Waals surface area contributed by atoms with E-state index in [0.717, 1.165) is 16.8 Å². The number of hydrogen-bond acceptors (Lipinski definition) is 10. The summed E-state index contributed by atoms with van der Waals surface area (Å²) in [5.74, 6) is 0.217. The highest BCUT2D eigenvalue weighted by atomic mass is 16.7. The lowest BCUT2D eigenvalue weighted by molar-refractivity contribution is -0.310. The topological polar surface area (TPSA) is 171 Å². The van der Waals surface area contributed by atoms with Crippen molar-refractivity contribution in [2.75, 3.05) is 27.4 Å². The van der Waals surface area contributed by atoms with Crippen LogP contribution in [0.4, 0.5) is 0 Å². The average Bonchev–Trinajstić information content (AvgIpc) is 2.96. The molecule has 236 valence electrons. The maximum atomic E-state index is 12.6. The van der Waals surface area contributed by atoms with E-state index >= 15 is 0 Å². The van der Waals surface area contributed by atoms with Crippen molar-refractivity contribution in [1.82, 2.24) is 4.98 Å². The molecule has 7 atom stereocenters. The number of allylic oxidation sites excluding steroid dienone is 5. The van der Waals surface area contributed by atoms with E-state index in [1.807, 2.05) is 45.1 Å². The zero-order valence-corrected chi connectivity index (χ0v) is 25.5. The van der Waals surface area contributed by atoms with Gasteiger partial charge in [0, 0.05) is 23.6 Å². The monoisotopic (exact) mass is 593 g/mol. The van der Waals surface area contributed by atoms with Gasteiger partial charge in [-0.25, -0.2) is 0 Å². The van der Waals surface area contributed by atoms with Crippen LogP contribution < -0.4 is 14.9 Å². The van der Waals surface area contributed by atoms with Gasteiger partial charge in [0.15, 0.2) is 6.29 Å². The first kappa shape index (κ1) is 35.4. The third kappa shape index (κ3) is 9.11. The molecule has 1 saturated heterocycles. The molecule has 0 saturated carbocycles. The van der Waals surface area contributed by atoms with Gasteiger partial charge in [0.2, 0.25) is 17.1 Å². The zero-order valence-electron chi connectivity index (χ0n) is 25.5. The number of rotatable bonds is 14. The fourth-order valence-corrected chi connectivity index (χ4v) is 4.81. The number of nitrogens with one attached hydrogen (secondary N) is 1. The summed E-state index contributed by atoms with van der Waals surface area (Å²) >= 11 is 0. The van der Waals surface area contributed by atoms with Crippen LogP contribution in [-0.2, 0) is 15.9 Å². The Morgan fingerprint density at radius 2 is 1.74 bits per heavy atom. The van der Waals surface area contributed by atoms with Gasteiger partial charge in [-0.05, 0) is 39.7 Å². The number of H-pyrrole nitrogens is 1. The van der Waals surface area contributed by atoms with E-state index in [9.17, 15) is 30.3 Å². The molecule has 1 aliphatic rings. The van der Waals surface area contributed by atoms with Gasteiger partial charge in [0.05, 0.1) is 33.5 Å². The number of aliphatic hydroxyl groups excluding tert-OH is 5. The molecule has 1 aromatic rings. The second-order valence-corrected chi connectivity index (χ2v) is 10.6. The highest BCUT2D eigenvalue weighted by molar-refractivity contribution is 5.40. The second kappa shape index (κ2) is 16.8. The van der Waals surface area contributed by atoms with Crippen molar-refractivity contribution in [2.45, 2.75) is 84.3 Å². The summed E-state index contributed by atoms with van der Waals surface area (Å²) in [5.41, 5.74) is 3.87. The van der Waals surface area contributed by atoms with Gasteiger partial charge in [0.25, 0.3) is 0 Å². The highest BCUT2D eigenvalue weighted by Gasteiger charge is 2.45. The third-order valence-corrected chi connectivity index (χ3v) is 7.35. The lowest BCUT2D eigenvalue weighted by Crippen LogP contribution is -2.60. The Labute approximate surface area is 247 Å². The van der Waals surface area contributed by atoms with Crippen molar-refractivity contribution < 1.29 is 44.5 Å². The number of aromatic amines is 1. The molecule has 1 fully saturated rings. The van der Waals surface area contributed by atoms with Gasteiger partial charge in [0.1, 0.15) is 24.4 Å². The molecular formula is C31H47NO10. The van der Waals surface area contributed by atoms with Gasteiger partial charge in [-0.1, -0.05) is 48.5 Å². The number of methoxy groups -OCH3 is 2. The lowest BCUT2D eigenvalue weighted by atomic mass is 9.94. The van der Waals surface area contributed by atoms with Gasteiger partial charge >= 0.3 is 0 Å². The summed E-state index contributed by atoms with van der Waals surface area (Å²) in [6, 6.07) is 0. The predicted molar refractivity (Wildman–Crippen MR) is 159 cm³/mol. The maximum Gasteiger partial charge on any atom is 0.238 e. The van der Waals surface area contributed by atoms with Crippen molar-refractivity contribution in [3.05, 3.63) is 68.6 Å². The van der Waals surface area contributed by atoms with Crippen molar-refractivity contribution in [1.29, 1.82) is 0 Å². The minimum absolute atomic E-state index is 0.154. The molecule has 0 aliphatic carbocycles. The minimum Gasteiger partial charge on any atom is -0.488 e. The summed E-state index contributed by atoms with van der Waals surface area (Å²) in [7, 11) is 2.91. The third-order valence-electron chi connectivity index (χ3n) is 7.35. The minimum atomic E-state index is -1.55. The molecule has 1 aromatic heterocycles. The summed E-state index contributed by atoms with van der Waals surface area (Å²) in [5, 5.41) is 49.6. The largest absolute Gasteiger partial charge is 0.488 e. The Morgan fingerprint density at radius 1 is 1.05 bits per heavy atom. The van der Waals surface area contributed by atoms with Crippen molar-refractivity contribution in [2.24, 2.45) is 5.92 Å². The van der Waals surface area contributed by atoms with Crippen LogP contribution in [-0.4, -0.2) is 94.8 Å². The van der Waals surface area contributed by atoms with E-state index in [2.05, 4.69) is 4.98 Å². The summed E-state index contributed by atoms with van der Waals surface area (Å²) < 4.78 is 22.0. The van der Waals surface area contributed by atoms with Crippen molar-refractivity contribution in [3.8, 4) is 11.6 Å². The SMILES string of the molecule is COc1[nH]c(CC=C(C)CC=CC(C)=CC(C)C(OC2OC(CO)C(O)C(O)C2O)C(C)=CCO)c(C)c(=O)c1OC. The van der Waals surface area contributed by atoms with E-state index in [1.165, 1.54) is 14.2 Å². The first-order valence-electron chi connectivity index (χ1n) is 14.0. The van der Waals surface area contributed by atoms with E-state index in [4.69, 9.17) is 18.9 Å². The summed E-state index contributed by atoms with van der Waals surface area (Å²) in [6.45, 7) is 8.63. The van der Waals surface area contributed by atoms with E-state index in [1.54, 1.807) is 19.9 Å². The van der Waals surface area contributed by atoms with Crippen molar-refractivity contribution in [3.63, 3.8) is 0 Å². The van der Waals surface area contributed by atoms with Crippen LogP contribution in [0, 0.1) is 12.8 Å². The molecule has 0 radical (unpaired) electrons. The Kier molecular flexibility index (Phi) is 14.1. The quantitative estimate of drug-likeness (QED) is 0.138. The molecule has 0 spiro atoms. The van der Waals surface area contributed by atoms with Crippen LogP contribution in [0.15, 0.2) is 51.9 Å². The first-order chi connectivity index (χ1) is 19.9. The van der Waals surface area contributed by atoms with Crippen LogP contribution in [0.1, 0.15) is 45.4 Å². The Balaban J connectivity index is 2.12. The van der Waals surface area contributed by atoms with Gasteiger partial charge < -0.3 is 49.5 Å². The highest BCUT2D eigenvalue weighted by Crippen LogP contribution is 2.28. The molecule has 2 heterocycles.